The number of rotatable bonds is 7. The molecular weight excluding hydrogens is 222 g/mol. The average molecular weight is 247 g/mol. The third kappa shape index (κ3) is 3.56. The Kier molecular flexibility index (Phi) is 4.79. The maximum Gasteiger partial charge on any atom is 0.0804 e. The Bertz CT molecular complexity index is 373. The smallest absolute Gasteiger partial charge is 0.0804 e. The molecule has 1 aromatic carbocycles. The molecule has 0 aromatic heterocycles. The Morgan fingerprint density at radius 2 is 2.00 bits per heavy atom. The van der Waals surface area contributed by atoms with E-state index >= 15 is 0 Å². The first kappa shape index (κ1) is 13.6. The van der Waals surface area contributed by atoms with Crippen molar-refractivity contribution < 1.29 is 5.11 Å². The third-order valence-electron chi connectivity index (χ3n) is 3.81. The summed E-state index contributed by atoms with van der Waals surface area (Å²) in [6, 6.07) is 8.95. The van der Waals surface area contributed by atoms with Gasteiger partial charge in [-0.3, -0.25) is 0 Å². The summed E-state index contributed by atoms with van der Waals surface area (Å²) in [5.41, 5.74) is 2.28. The van der Waals surface area contributed by atoms with E-state index in [-0.39, 0.29) is 6.10 Å². The molecule has 0 amide bonds. The normalized spacial score (nSPS) is 17.1. The molecule has 2 rings (SSSR count). The number of nitrogens with zero attached hydrogens (tertiary/aromatic N) is 1. The molecule has 2 nitrogen and oxygen atoms in total. The molecule has 0 saturated heterocycles. The maximum absolute atomic E-state index is 10.3. The number of aryl methyl sites for hydroxylation is 1. The van der Waals surface area contributed by atoms with E-state index in [0.717, 1.165) is 24.6 Å². The summed E-state index contributed by atoms with van der Waals surface area (Å²) in [6.45, 7) is 6.50. The van der Waals surface area contributed by atoms with Crippen molar-refractivity contribution in [1.82, 2.24) is 4.90 Å². The van der Waals surface area contributed by atoms with Gasteiger partial charge in [-0.15, -0.1) is 0 Å². The van der Waals surface area contributed by atoms with Gasteiger partial charge in [0.2, 0.25) is 0 Å². The largest absolute Gasteiger partial charge is 0.388 e. The van der Waals surface area contributed by atoms with Gasteiger partial charge in [0.15, 0.2) is 0 Å². The summed E-state index contributed by atoms with van der Waals surface area (Å²) >= 11 is 0. The van der Waals surface area contributed by atoms with E-state index in [4.69, 9.17) is 0 Å². The first-order valence-corrected chi connectivity index (χ1v) is 7.20. The molecule has 1 aliphatic rings. The lowest BCUT2D eigenvalue weighted by Gasteiger charge is -2.23. The molecule has 1 aromatic rings. The monoisotopic (exact) mass is 247 g/mol. The highest BCUT2D eigenvalue weighted by Crippen LogP contribution is 2.28. The summed E-state index contributed by atoms with van der Waals surface area (Å²) in [5.74, 6) is 0. The predicted molar refractivity (Wildman–Crippen MR) is 75.6 cm³/mol. The molecule has 100 valence electrons. The number of aliphatic hydroxyl groups excluding tert-OH is 1. The van der Waals surface area contributed by atoms with Gasteiger partial charge in [0, 0.05) is 12.6 Å². The predicted octanol–water partition coefficient (Wildman–Crippen LogP) is 3.29. The van der Waals surface area contributed by atoms with Crippen LogP contribution in [0.15, 0.2) is 24.3 Å². The molecule has 1 unspecified atom stereocenters. The second kappa shape index (κ2) is 6.35. The van der Waals surface area contributed by atoms with Crippen LogP contribution in [0.5, 0.6) is 0 Å². The van der Waals surface area contributed by atoms with Crippen molar-refractivity contribution in [1.29, 1.82) is 0 Å². The molecular formula is C16H25NO. The SMILES string of the molecule is CCCN(CCC(O)c1ccccc1C)C1CC1. The van der Waals surface area contributed by atoms with Crippen LogP contribution in [0.2, 0.25) is 0 Å². The van der Waals surface area contributed by atoms with E-state index < -0.39 is 0 Å². The molecule has 1 fully saturated rings. The molecule has 0 radical (unpaired) electrons. The summed E-state index contributed by atoms with van der Waals surface area (Å²) in [7, 11) is 0. The third-order valence-corrected chi connectivity index (χ3v) is 3.81. The van der Waals surface area contributed by atoms with E-state index in [9.17, 15) is 5.11 Å². The highest BCUT2D eigenvalue weighted by Gasteiger charge is 2.28. The van der Waals surface area contributed by atoms with Crippen molar-refractivity contribution in [2.24, 2.45) is 0 Å². The van der Waals surface area contributed by atoms with Crippen molar-refractivity contribution in [3.63, 3.8) is 0 Å². The van der Waals surface area contributed by atoms with Crippen LogP contribution in [-0.2, 0) is 0 Å². The Morgan fingerprint density at radius 1 is 1.28 bits per heavy atom. The van der Waals surface area contributed by atoms with E-state index in [1.165, 1.54) is 31.4 Å². The Balaban J connectivity index is 1.87. The van der Waals surface area contributed by atoms with Crippen LogP contribution < -0.4 is 0 Å². The van der Waals surface area contributed by atoms with Gasteiger partial charge < -0.3 is 10.0 Å². The second-order valence-electron chi connectivity index (χ2n) is 5.43. The van der Waals surface area contributed by atoms with E-state index in [0.29, 0.717) is 0 Å². The number of aliphatic hydroxyl groups is 1. The van der Waals surface area contributed by atoms with Crippen LogP contribution in [-0.4, -0.2) is 29.1 Å². The number of benzene rings is 1. The van der Waals surface area contributed by atoms with Crippen molar-refractivity contribution in [2.75, 3.05) is 13.1 Å². The summed E-state index contributed by atoms with van der Waals surface area (Å²) in [4.78, 5) is 2.54. The highest BCUT2D eigenvalue weighted by molar-refractivity contribution is 5.27. The van der Waals surface area contributed by atoms with Crippen molar-refractivity contribution in [2.45, 2.75) is 51.7 Å². The molecule has 18 heavy (non-hydrogen) atoms. The van der Waals surface area contributed by atoms with Crippen molar-refractivity contribution in [3.05, 3.63) is 35.4 Å². The zero-order chi connectivity index (χ0) is 13.0. The number of hydrogen-bond acceptors (Lipinski definition) is 2. The lowest BCUT2D eigenvalue weighted by atomic mass is 10.0. The fraction of sp³-hybridized carbons (Fsp3) is 0.625. The van der Waals surface area contributed by atoms with Gasteiger partial charge in [0.25, 0.3) is 0 Å². The molecule has 1 atom stereocenters. The molecule has 0 aliphatic heterocycles. The van der Waals surface area contributed by atoms with Crippen LogP contribution in [0.25, 0.3) is 0 Å². The summed E-state index contributed by atoms with van der Waals surface area (Å²) in [5, 5.41) is 10.3. The minimum Gasteiger partial charge on any atom is -0.388 e. The zero-order valence-electron chi connectivity index (χ0n) is 11.6. The van der Waals surface area contributed by atoms with Gasteiger partial charge in [-0.05, 0) is 50.3 Å². The van der Waals surface area contributed by atoms with Crippen molar-refractivity contribution >= 4 is 0 Å². The molecule has 0 bridgehead atoms. The molecule has 1 saturated carbocycles. The van der Waals surface area contributed by atoms with Gasteiger partial charge in [-0.25, -0.2) is 0 Å². The minimum atomic E-state index is -0.315. The number of hydrogen-bond donors (Lipinski definition) is 1. The standard InChI is InChI=1S/C16H25NO/c1-3-11-17(14-8-9-14)12-10-16(18)15-7-5-4-6-13(15)2/h4-7,14,16,18H,3,8-12H2,1-2H3. The van der Waals surface area contributed by atoms with Crippen LogP contribution in [0.4, 0.5) is 0 Å². The Morgan fingerprint density at radius 3 is 2.61 bits per heavy atom. The van der Waals surface area contributed by atoms with E-state index in [2.05, 4.69) is 24.8 Å². The lowest BCUT2D eigenvalue weighted by molar-refractivity contribution is 0.138. The maximum atomic E-state index is 10.3. The van der Waals surface area contributed by atoms with E-state index in [1.807, 2.05) is 18.2 Å². The quantitative estimate of drug-likeness (QED) is 0.799. The second-order valence-corrected chi connectivity index (χ2v) is 5.43. The molecule has 2 heteroatoms. The molecule has 0 spiro atoms. The first-order valence-electron chi connectivity index (χ1n) is 7.20. The minimum absolute atomic E-state index is 0.315. The fourth-order valence-corrected chi connectivity index (χ4v) is 2.61. The van der Waals surface area contributed by atoms with Gasteiger partial charge in [0.05, 0.1) is 6.10 Å². The Hall–Kier alpha value is -0.860. The van der Waals surface area contributed by atoms with Gasteiger partial charge in [-0.2, -0.15) is 0 Å². The van der Waals surface area contributed by atoms with Gasteiger partial charge in [-0.1, -0.05) is 31.2 Å². The summed E-state index contributed by atoms with van der Waals surface area (Å²) < 4.78 is 0. The van der Waals surface area contributed by atoms with E-state index in [1.54, 1.807) is 0 Å². The molecule has 1 aliphatic carbocycles. The van der Waals surface area contributed by atoms with Gasteiger partial charge in [0.1, 0.15) is 0 Å². The van der Waals surface area contributed by atoms with Crippen molar-refractivity contribution in [3.8, 4) is 0 Å². The fourth-order valence-electron chi connectivity index (χ4n) is 2.61. The topological polar surface area (TPSA) is 23.5 Å². The van der Waals surface area contributed by atoms with Crippen LogP contribution >= 0.6 is 0 Å². The molecule has 1 N–H and O–H groups in total. The summed E-state index contributed by atoms with van der Waals surface area (Å²) in [6.07, 6.45) is 4.43. The highest BCUT2D eigenvalue weighted by atomic mass is 16.3. The van der Waals surface area contributed by atoms with Crippen LogP contribution in [0.1, 0.15) is 49.8 Å². The lowest BCUT2D eigenvalue weighted by Crippen LogP contribution is -2.29. The van der Waals surface area contributed by atoms with Crippen LogP contribution in [0.3, 0.4) is 0 Å². The molecule has 0 heterocycles. The van der Waals surface area contributed by atoms with Crippen LogP contribution in [0, 0.1) is 6.92 Å². The Labute approximate surface area is 111 Å². The first-order chi connectivity index (χ1) is 8.72. The average Bonchev–Trinajstić information content (AvgIpc) is 3.19. The van der Waals surface area contributed by atoms with Gasteiger partial charge >= 0.3 is 0 Å². The zero-order valence-corrected chi connectivity index (χ0v) is 11.6.